The first kappa shape index (κ1) is 11.7. The number of hydrogen-bond acceptors (Lipinski definition) is 4. The maximum Gasteiger partial charge on any atom is 0.152 e. The van der Waals surface area contributed by atoms with E-state index in [0.717, 1.165) is 11.1 Å². The smallest absolute Gasteiger partial charge is 0.152 e. The Bertz CT molecular complexity index is 405. The molecule has 0 saturated heterocycles. The lowest BCUT2D eigenvalue weighted by atomic mass is 10.1. The van der Waals surface area contributed by atoms with E-state index in [4.69, 9.17) is 0 Å². The minimum atomic E-state index is -3.19. The normalized spacial score (nSPS) is 16.6. The van der Waals surface area contributed by atoms with E-state index in [9.17, 15) is 13.5 Å². The highest BCUT2D eigenvalue weighted by Crippen LogP contribution is 2.25. The Hall–Kier alpha value is -0.390. The highest BCUT2D eigenvalue weighted by molar-refractivity contribution is 7.91. The fraction of sp³-hybridized carbons (Fsp3) is 0.556. The number of rotatable bonds is 3. The molecule has 0 aliphatic carbocycles. The Morgan fingerprint density at radius 3 is 2.43 bits per heavy atom. The Labute approximate surface area is 88.3 Å². The first-order valence-corrected chi connectivity index (χ1v) is 7.07. The summed E-state index contributed by atoms with van der Waals surface area (Å²) in [5.41, 5.74) is 0.686. The maximum atomic E-state index is 11.2. The zero-order chi connectivity index (χ0) is 10.9. The summed E-state index contributed by atoms with van der Waals surface area (Å²) >= 11 is 1.51. The quantitative estimate of drug-likeness (QED) is 0.862. The van der Waals surface area contributed by atoms with Crippen LogP contribution in [-0.2, 0) is 9.84 Å². The predicted molar refractivity (Wildman–Crippen MR) is 58.3 cm³/mol. The van der Waals surface area contributed by atoms with Crippen LogP contribution in [-0.4, -0.2) is 25.0 Å². The number of aryl methyl sites for hydroxylation is 1. The van der Waals surface area contributed by atoms with E-state index in [-0.39, 0.29) is 0 Å². The molecule has 0 bridgehead atoms. The van der Waals surface area contributed by atoms with Crippen LogP contribution >= 0.6 is 11.3 Å². The Morgan fingerprint density at radius 1 is 1.50 bits per heavy atom. The third-order valence-corrected chi connectivity index (χ3v) is 4.70. The second-order valence-corrected chi connectivity index (χ2v) is 6.99. The van der Waals surface area contributed by atoms with Crippen LogP contribution in [0.1, 0.15) is 23.5 Å². The fourth-order valence-corrected chi connectivity index (χ4v) is 2.48. The van der Waals surface area contributed by atoms with Crippen LogP contribution in [0.2, 0.25) is 0 Å². The van der Waals surface area contributed by atoms with Crippen molar-refractivity contribution in [3.8, 4) is 0 Å². The second kappa shape index (κ2) is 4.00. The van der Waals surface area contributed by atoms with Crippen molar-refractivity contribution in [3.05, 3.63) is 21.9 Å². The largest absolute Gasteiger partial charge is 0.387 e. The van der Waals surface area contributed by atoms with Gasteiger partial charge in [-0.1, -0.05) is 0 Å². The molecule has 1 heterocycles. The first-order valence-electron chi connectivity index (χ1n) is 4.24. The van der Waals surface area contributed by atoms with E-state index < -0.39 is 21.2 Å². The van der Waals surface area contributed by atoms with Crippen molar-refractivity contribution in [1.29, 1.82) is 0 Å². The van der Waals surface area contributed by atoms with Gasteiger partial charge in [-0.2, -0.15) is 0 Å². The summed E-state index contributed by atoms with van der Waals surface area (Å²) in [6.45, 7) is 3.44. The molecule has 1 aromatic heterocycles. The van der Waals surface area contributed by atoms with Gasteiger partial charge in [0.1, 0.15) is 0 Å². The van der Waals surface area contributed by atoms with Crippen LogP contribution in [0.4, 0.5) is 0 Å². The van der Waals surface area contributed by atoms with Crippen LogP contribution in [0.25, 0.3) is 0 Å². The van der Waals surface area contributed by atoms with Gasteiger partial charge in [0.05, 0.1) is 11.4 Å². The third-order valence-electron chi connectivity index (χ3n) is 2.21. The van der Waals surface area contributed by atoms with Crippen LogP contribution in [0, 0.1) is 6.92 Å². The van der Waals surface area contributed by atoms with Gasteiger partial charge in [0, 0.05) is 11.1 Å². The van der Waals surface area contributed by atoms with Crippen LogP contribution in [0.5, 0.6) is 0 Å². The van der Waals surface area contributed by atoms with E-state index in [1.165, 1.54) is 18.3 Å². The molecule has 0 aliphatic rings. The lowest BCUT2D eigenvalue weighted by molar-refractivity contribution is 0.176. The number of aliphatic hydroxyl groups excluding tert-OH is 1. The Balaban J connectivity index is 2.91. The molecular weight excluding hydrogens is 220 g/mol. The predicted octanol–water partition coefficient (Wildman–Crippen LogP) is 1.52. The minimum absolute atomic E-state index is 0.686. The number of aliphatic hydroxyl groups is 1. The number of hydrogen-bond donors (Lipinski definition) is 1. The van der Waals surface area contributed by atoms with Gasteiger partial charge in [0.15, 0.2) is 9.84 Å². The molecule has 0 fully saturated rings. The summed E-state index contributed by atoms with van der Waals surface area (Å²) in [7, 11) is -3.19. The Morgan fingerprint density at radius 2 is 2.07 bits per heavy atom. The summed E-state index contributed by atoms with van der Waals surface area (Å²) < 4.78 is 22.4. The lowest BCUT2D eigenvalue weighted by Crippen LogP contribution is -2.23. The van der Waals surface area contributed by atoms with Crippen molar-refractivity contribution in [3.63, 3.8) is 0 Å². The second-order valence-electron chi connectivity index (χ2n) is 3.47. The molecule has 0 amide bonds. The van der Waals surface area contributed by atoms with Gasteiger partial charge in [-0.05, 0) is 30.9 Å². The van der Waals surface area contributed by atoms with Gasteiger partial charge in [-0.25, -0.2) is 8.42 Å². The monoisotopic (exact) mass is 234 g/mol. The van der Waals surface area contributed by atoms with Gasteiger partial charge in [0.25, 0.3) is 0 Å². The highest BCUT2D eigenvalue weighted by atomic mass is 32.2. The van der Waals surface area contributed by atoms with Gasteiger partial charge in [-0.15, -0.1) is 11.3 Å². The van der Waals surface area contributed by atoms with E-state index in [1.54, 1.807) is 5.38 Å². The fourth-order valence-electron chi connectivity index (χ4n) is 1.12. The van der Waals surface area contributed by atoms with Crippen LogP contribution < -0.4 is 0 Å². The van der Waals surface area contributed by atoms with Gasteiger partial charge in [-0.3, -0.25) is 0 Å². The zero-order valence-corrected chi connectivity index (χ0v) is 10.0. The van der Waals surface area contributed by atoms with Crippen molar-refractivity contribution in [2.24, 2.45) is 0 Å². The topological polar surface area (TPSA) is 54.4 Å². The molecule has 2 atom stereocenters. The van der Waals surface area contributed by atoms with Crippen molar-refractivity contribution < 1.29 is 13.5 Å². The maximum absolute atomic E-state index is 11.2. The summed E-state index contributed by atoms with van der Waals surface area (Å²) in [6, 6.07) is 1.82. The molecule has 1 aromatic rings. The molecule has 3 nitrogen and oxygen atoms in total. The summed E-state index contributed by atoms with van der Waals surface area (Å²) in [6.07, 6.45) is 0.218. The molecule has 0 aromatic carbocycles. The third kappa shape index (κ3) is 2.56. The molecule has 1 N–H and O–H groups in total. The van der Waals surface area contributed by atoms with Crippen molar-refractivity contribution in [1.82, 2.24) is 0 Å². The molecule has 14 heavy (non-hydrogen) atoms. The van der Waals surface area contributed by atoms with Crippen LogP contribution in [0.15, 0.2) is 11.4 Å². The van der Waals surface area contributed by atoms with Crippen molar-refractivity contribution in [2.75, 3.05) is 6.26 Å². The Kier molecular flexibility index (Phi) is 3.34. The average molecular weight is 234 g/mol. The zero-order valence-electron chi connectivity index (χ0n) is 8.39. The summed E-state index contributed by atoms with van der Waals surface area (Å²) in [5.74, 6) is 0. The molecule has 2 unspecified atom stereocenters. The standard InChI is InChI=1S/C9H14O3S2/c1-6-4-8(5-13-6)9(10)7(2)14(3,11)12/h4-5,7,9-10H,1-3H3. The van der Waals surface area contributed by atoms with Gasteiger partial charge < -0.3 is 5.11 Å². The summed E-state index contributed by atoms with van der Waals surface area (Å²) in [4.78, 5) is 1.07. The van der Waals surface area contributed by atoms with Crippen molar-refractivity contribution in [2.45, 2.75) is 25.2 Å². The van der Waals surface area contributed by atoms with Gasteiger partial charge in [0.2, 0.25) is 0 Å². The van der Waals surface area contributed by atoms with E-state index in [1.807, 2.05) is 13.0 Å². The number of thiophene rings is 1. The van der Waals surface area contributed by atoms with E-state index in [2.05, 4.69) is 0 Å². The van der Waals surface area contributed by atoms with Gasteiger partial charge >= 0.3 is 0 Å². The van der Waals surface area contributed by atoms with E-state index >= 15 is 0 Å². The molecule has 5 heteroatoms. The minimum Gasteiger partial charge on any atom is -0.387 e. The molecule has 0 saturated carbocycles. The van der Waals surface area contributed by atoms with Crippen LogP contribution in [0.3, 0.4) is 0 Å². The SMILES string of the molecule is Cc1cc(C(O)C(C)S(C)(=O)=O)cs1. The lowest BCUT2D eigenvalue weighted by Gasteiger charge is -2.15. The molecule has 80 valence electrons. The first-order chi connectivity index (χ1) is 6.32. The number of sulfone groups is 1. The van der Waals surface area contributed by atoms with Crippen molar-refractivity contribution >= 4 is 21.2 Å². The summed E-state index contributed by atoms with van der Waals surface area (Å²) in [5, 5.41) is 10.8. The van der Waals surface area contributed by atoms with E-state index in [0.29, 0.717) is 5.56 Å². The molecule has 0 spiro atoms. The molecule has 0 radical (unpaired) electrons. The molecule has 1 rings (SSSR count). The highest BCUT2D eigenvalue weighted by Gasteiger charge is 2.25. The average Bonchev–Trinajstić information content (AvgIpc) is 2.47. The molecule has 0 aliphatic heterocycles. The molecular formula is C9H14O3S2.